The number of thiazole rings is 1. The number of aromatic nitrogens is 1. The van der Waals surface area contributed by atoms with Gasteiger partial charge < -0.3 is 4.74 Å². The summed E-state index contributed by atoms with van der Waals surface area (Å²) >= 11 is 6.92. The lowest BCUT2D eigenvalue weighted by molar-refractivity contribution is -0.147. The molecule has 5 heteroatoms. The summed E-state index contributed by atoms with van der Waals surface area (Å²) in [6.45, 7) is 2.47. The lowest BCUT2D eigenvalue weighted by Gasteiger charge is -2.07. The Kier molecular flexibility index (Phi) is 9.19. The number of carbonyl (C=O) groups excluding carboxylic acids is 1. The Morgan fingerprint density at radius 3 is 2.40 bits per heavy atom. The summed E-state index contributed by atoms with van der Waals surface area (Å²) in [7, 11) is 0. The average Bonchev–Trinajstić information content (AvgIpc) is 2.93. The van der Waals surface area contributed by atoms with Crippen molar-refractivity contribution < 1.29 is 9.53 Å². The monoisotopic (exact) mass is 379 g/mol. The van der Waals surface area contributed by atoms with Crippen LogP contribution in [0.5, 0.6) is 0 Å². The molecule has 0 aliphatic heterocycles. The molecule has 2 aromatic rings. The highest BCUT2D eigenvalue weighted by Gasteiger charge is 2.07. The van der Waals surface area contributed by atoms with Gasteiger partial charge in [0, 0.05) is 6.42 Å². The molecule has 0 saturated heterocycles. The van der Waals surface area contributed by atoms with E-state index < -0.39 is 0 Å². The van der Waals surface area contributed by atoms with E-state index in [4.69, 9.17) is 17.0 Å². The fourth-order valence-corrected chi connectivity index (χ4v) is 4.22. The van der Waals surface area contributed by atoms with Gasteiger partial charge in [-0.15, -0.1) is 11.3 Å². The van der Waals surface area contributed by atoms with E-state index in [1.807, 2.05) is 28.8 Å². The van der Waals surface area contributed by atoms with Crippen LogP contribution >= 0.6 is 23.6 Å². The third-order valence-corrected chi connectivity index (χ3v) is 5.84. The summed E-state index contributed by atoms with van der Waals surface area (Å²) in [6.07, 6.45) is 11.7. The Bertz CT molecular complexity index is 705. The number of rotatable bonds is 12. The SMILES string of the molecule is CCCCCCCCCCCC(=O)OCn1c(=S)sc2ccccc21. The molecule has 0 N–H and O–H groups in total. The molecule has 1 aromatic heterocycles. The second-order valence-electron chi connectivity index (χ2n) is 6.49. The van der Waals surface area contributed by atoms with Crippen molar-refractivity contribution in [3.8, 4) is 0 Å². The van der Waals surface area contributed by atoms with E-state index in [0.717, 1.165) is 27.0 Å². The molecule has 0 aliphatic rings. The molecule has 2 rings (SSSR count). The molecule has 0 saturated carbocycles. The molecule has 138 valence electrons. The highest BCUT2D eigenvalue weighted by molar-refractivity contribution is 7.73. The van der Waals surface area contributed by atoms with Crippen molar-refractivity contribution >= 4 is 39.7 Å². The Hall–Kier alpha value is -1.20. The summed E-state index contributed by atoms with van der Waals surface area (Å²) in [4.78, 5) is 11.9. The Morgan fingerprint density at radius 2 is 1.68 bits per heavy atom. The molecule has 1 aromatic carbocycles. The van der Waals surface area contributed by atoms with Crippen molar-refractivity contribution in [3.05, 3.63) is 28.2 Å². The van der Waals surface area contributed by atoms with Crippen molar-refractivity contribution in [3.63, 3.8) is 0 Å². The molecule has 0 amide bonds. The summed E-state index contributed by atoms with van der Waals surface area (Å²) in [6, 6.07) is 8.02. The molecule has 0 atom stereocenters. The summed E-state index contributed by atoms with van der Waals surface area (Å²) < 4.78 is 9.18. The highest BCUT2D eigenvalue weighted by Crippen LogP contribution is 2.22. The van der Waals surface area contributed by atoms with Crippen LogP contribution in [0.4, 0.5) is 0 Å². The van der Waals surface area contributed by atoms with Crippen LogP contribution < -0.4 is 0 Å². The normalized spacial score (nSPS) is 11.1. The van der Waals surface area contributed by atoms with E-state index in [9.17, 15) is 4.79 Å². The first-order valence-electron chi connectivity index (χ1n) is 9.46. The maximum atomic E-state index is 11.9. The molecule has 0 bridgehead atoms. The highest BCUT2D eigenvalue weighted by atomic mass is 32.1. The molecular weight excluding hydrogens is 350 g/mol. The van der Waals surface area contributed by atoms with Crippen LogP contribution in [0.3, 0.4) is 0 Å². The fourth-order valence-electron chi connectivity index (χ4n) is 2.92. The van der Waals surface area contributed by atoms with E-state index in [2.05, 4.69) is 6.92 Å². The van der Waals surface area contributed by atoms with Crippen LogP contribution in [0.25, 0.3) is 10.2 Å². The number of benzene rings is 1. The summed E-state index contributed by atoms with van der Waals surface area (Å²) in [5, 5.41) is 0. The fraction of sp³-hybridized carbons (Fsp3) is 0.600. The lowest BCUT2D eigenvalue weighted by atomic mass is 10.1. The van der Waals surface area contributed by atoms with Crippen molar-refractivity contribution in [2.45, 2.75) is 77.9 Å². The van der Waals surface area contributed by atoms with Gasteiger partial charge in [0.2, 0.25) is 0 Å². The van der Waals surface area contributed by atoms with E-state index in [-0.39, 0.29) is 12.7 Å². The van der Waals surface area contributed by atoms with Gasteiger partial charge in [-0.05, 0) is 30.8 Å². The van der Waals surface area contributed by atoms with E-state index in [1.54, 1.807) is 11.3 Å². The van der Waals surface area contributed by atoms with Crippen LogP contribution in [-0.2, 0) is 16.3 Å². The molecule has 0 spiro atoms. The van der Waals surface area contributed by atoms with Crippen molar-refractivity contribution in [2.75, 3.05) is 0 Å². The molecule has 1 heterocycles. The standard InChI is InChI=1S/C20H29NO2S2/c1-2-3-4-5-6-7-8-9-10-15-19(22)23-16-21-17-13-11-12-14-18(17)25-20(21)24/h11-14H,2-10,15-16H2,1H3. The van der Waals surface area contributed by atoms with Crippen LogP contribution in [0.15, 0.2) is 24.3 Å². The smallest absolute Gasteiger partial charge is 0.307 e. The number of carbonyl (C=O) groups is 1. The quantitative estimate of drug-likeness (QED) is 0.229. The molecule has 0 unspecified atom stereocenters. The Labute approximate surface area is 160 Å². The first-order valence-corrected chi connectivity index (χ1v) is 10.7. The minimum Gasteiger partial charge on any atom is -0.444 e. The van der Waals surface area contributed by atoms with E-state index >= 15 is 0 Å². The molecular formula is C20H29NO2S2. The first-order chi connectivity index (χ1) is 12.2. The van der Waals surface area contributed by atoms with Crippen molar-refractivity contribution in [1.82, 2.24) is 4.57 Å². The lowest BCUT2D eigenvalue weighted by Crippen LogP contribution is -2.09. The predicted octanol–water partition coefficient (Wildman–Crippen LogP) is 6.85. The van der Waals surface area contributed by atoms with Gasteiger partial charge in [0.05, 0.1) is 10.2 Å². The second kappa shape index (κ2) is 11.4. The van der Waals surface area contributed by atoms with Gasteiger partial charge in [-0.1, -0.05) is 70.4 Å². The van der Waals surface area contributed by atoms with Gasteiger partial charge >= 0.3 is 5.97 Å². The van der Waals surface area contributed by atoms with Gasteiger partial charge in [-0.2, -0.15) is 0 Å². The number of unbranched alkanes of at least 4 members (excludes halogenated alkanes) is 8. The number of para-hydroxylation sites is 1. The van der Waals surface area contributed by atoms with Gasteiger partial charge in [-0.3, -0.25) is 9.36 Å². The third-order valence-electron chi connectivity index (χ3n) is 4.41. The van der Waals surface area contributed by atoms with Crippen molar-refractivity contribution in [2.24, 2.45) is 0 Å². The number of hydrogen-bond donors (Lipinski definition) is 0. The number of esters is 1. The van der Waals surface area contributed by atoms with Crippen molar-refractivity contribution in [1.29, 1.82) is 0 Å². The molecule has 0 aliphatic carbocycles. The van der Waals surface area contributed by atoms with Crippen LogP contribution in [0.1, 0.15) is 71.1 Å². The first kappa shape index (κ1) is 20.1. The largest absolute Gasteiger partial charge is 0.444 e. The third kappa shape index (κ3) is 6.90. The maximum Gasteiger partial charge on any atom is 0.307 e. The zero-order valence-corrected chi connectivity index (χ0v) is 16.8. The summed E-state index contributed by atoms with van der Waals surface area (Å²) in [5.74, 6) is -0.125. The zero-order chi connectivity index (χ0) is 17.9. The minimum absolute atomic E-state index is 0.125. The minimum atomic E-state index is -0.125. The number of fused-ring (bicyclic) bond motifs is 1. The predicted molar refractivity (Wildman–Crippen MR) is 109 cm³/mol. The maximum absolute atomic E-state index is 11.9. The average molecular weight is 380 g/mol. The van der Waals surface area contributed by atoms with E-state index in [0.29, 0.717) is 6.42 Å². The summed E-state index contributed by atoms with van der Waals surface area (Å²) in [5.41, 5.74) is 1.04. The molecule has 3 nitrogen and oxygen atoms in total. The second-order valence-corrected chi connectivity index (χ2v) is 8.16. The van der Waals surface area contributed by atoms with Gasteiger partial charge in [0.25, 0.3) is 0 Å². The number of ether oxygens (including phenoxy) is 1. The van der Waals surface area contributed by atoms with Crippen LogP contribution in [0, 0.1) is 3.95 Å². The zero-order valence-electron chi connectivity index (χ0n) is 15.2. The molecule has 0 radical (unpaired) electrons. The van der Waals surface area contributed by atoms with E-state index in [1.165, 1.54) is 44.9 Å². The Morgan fingerprint density at radius 1 is 1.04 bits per heavy atom. The van der Waals surface area contributed by atoms with Gasteiger partial charge in [0.1, 0.15) is 0 Å². The molecule has 25 heavy (non-hydrogen) atoms. The number of nitrogens with zero attached hydrogens (tertiary/aromatic N) is 1. The van der Waals surface area contributed by atoms with Crippen LogP contribution in [0.2, 0.25) is 0 Å². The van der Waals surface area contributed by atoms with Gasteiger partial charge in [-0.25, -0.2) is 0 Å². The number of hydrogen-bond acceptors (Lipinski definition) is 4. The van der Waals surface area contributed by atoms with Gasteiger partial charge in [0.15, 0.2) is 10.7 Å². The van der Waals surface area contributed by atoms with Crippen LogP contribution in [-0.4, -0.2) is 10.5 Å². The topological polar surface area (TPSA) is 31.2 Å². The Balaban J connectivity index is 1.60. The molecule has 0 fully saturated rings.